The molecule has 186 valence electrons. The number of fused-ring (bicyclic) bond motifs is 3. The Labute approximate surface area is 205 Å². The van der Waals surface area contributed by atoms with E-state index in [4.69, 9.17) is 9.47 Å². The van der Waals surface area contributed by atoms with Crippen molar-refractivity contribution in [1.29, 1.82) is 0 Å². The van der Waals surface area contributed by atoms with Crippen molar-refractivity contribution in [1.82, 2.24) is 10.2 Å². The number of benzene rings is 2. The van der Waals surface area contributed by atoms with Crippen LogP contribution in [-0.4, -0.2) is 59.0 Å². The molecule has 35 heavy (non-hydrogen) atoms. The number of rotatable bonds is 5. The highest BCUT2D eigenvalue weighted by Gasteiger charge is 2.42. The van der Waals surface area contributed by atoms with Crippen LogP contribution in [0.25, 0.3) is 11.1 Å². The van der Waals surface area contributed by atoms with E-state index in [2.05, 4.69) is 17.4 Å². The monoisotopic (exact) mass is 480 g/mol. The molecule has 1 atom stereocenters. The molecular formula is C27H32N2O6. The molecule has 8 heteroatoms. The van der Waals surface area contributed by atoms with Crippen LogP contribution in [0, 0.1) is 0 Å². The topological polar surface area (TPSA) is 105 Å². The van der Waals surface area contributed by atoms with Crippen LogP contribution in [0.2, 0.25) is 0 Å². The van der Waals surface area contributed by atoms with Gasteiger partial charge in [0.15, 0.2) is 0 Å². The summed E-state index contributed by atoms with van der Waals surface area (Å²) in [6.07, 6.45) is -0.587. The number of carbonyl (C=O) groups excluding carboxylic acids is 2. The van der Waals surface area contributed by atoms with Gasteiger partial charge in [-0.2, -0.15) is 0 Å². The molecule has 0 aromatic heterocycles. The second-order valence-corrected chi connectivity index (χ2v) is 10.3. The molecule has 1 heterocycles. The first-order valence-electron chi connectivity index (χ1n) is 11.9. The Morgan fingerprint density at radius 3 is 2.23 bits per heavy atom. The van der Waals surface area contributed by atoms with E-state index in [9.17, 15) is 19.5 Å². The summed E-state index contributed by atoms with van der Waals surface area (Å²) < 4.78 is 11.1. The van der Waals surface area contributed by atoms with Gasteiger partial charge in [-0.1, -0.05) is 48.5 Å². The summed E-state index contributed by atoms with van der Waals surface area (Å²) in [4.78, 5) is 38.7. The van der Waals surface area contributed by atoms with Gasteiger partial charge in [-0.25, -0.2) is 9.59 Å². The van der Waals surface area contributed by atoms with Crippen LogP contribution in [-0.2, 0) is 14.3 Å². The molecule has 2 amide bonds. The Morgan fingerprint density at radius 2 is 1.66 bits per heavy atom. The van der Waals surface area contributed by atoms with Crippen molar-refractivity contribution >= 4 is 18.2 Å². The summed E-state index contributed by atoms with van der Waals surface area (Å²) in [5, 5.41) is 12.3. The standard InChI is InChI=1S/C27H32N2O6/c1-26(2,3)35-25(33)29-14-8-13-27(17-29,15-23(30)31)28-24(32)34-16-22-20-11-6-4-9-18(20)19-10-5-7-12-21(19)22/h4-7,9-12,22H,8,13-17H2,1-3H3,(H,28,32)(H,30,31). The molecule has 0 radical (unpaired) electrons. The average Bonchev–Trinajstić information content (AvgIpc) is 3.10. The van der Waals surface area contributed by atoms with Gasteiger partial charge in [0.2, 0.25) is 0 Å². The third-order valence-electron chi connectivity index (χ3n) is 6.43. The number of carboxylic acids is 1. The molecular weight excluding hydrogens is 448 g/mol. The number of nitrogens with zero attached hydrogens (tertiary/aromatic N) is 1. The zero-order chi connectivity index (χ0) is 25.2. The van der Waals surface area contributed by atoms with E-state index in [1.807, 2.05) is 36.4 Å². The van der Waals surface area contributed by atoms with Gasteiger partial charge in [0.05, 0.1) is 12.0 Å². The Kier molecular flexibility index (Phi) is 6.74. The van der Waals surface area contributed by atoms with Crippen LogP contribution in [0.5, 0.6) is 0 Å². The van der Waals surface area contributed by atoms with Gasteiger partial charge in [0.1, 0.15) is 12.2 Å². The Balaban J connectivity index is 1.46. The van der Waals surface area contributed by atoms with Crippen LogP contribution in [0.3, 0.4) is 0 Å². The minimum absolute atomic E-state index is 0.0401. The maximum absolute atomic E-state index is 12.9. The molecule has 8 nitrogen and oxygen atoms in total. The molecule has 1 fully saturated rings. The number of carbonyl (C=O) groups is 3. The molecule has 2 aliphatic rings. The fraction of sp³-hybridized carbons (Fsp3) is 0.444. The minimum Gasteiger partial charge on any atom is -0.481 e. The number of alkyl carbamates (subject to hydrolysis) is 1. The van der Waals surface area contributed by atoms with Crippen molar-refractivity contribution in [2.24, 2.45) is 0 Å². The third kappa shape index (κ3) is 5.58. The first-order valence-corrected chi connectivity index (χ1v) is 11.9. The largest absolute Gasteiger partial charge is 0.481 e. The number of hydrogen-bond acceptors (Lipinski definition) is 5. The number of aliphatic carboxylic acids is 1. The smallest absolute Gasteiger partial charge is 0.410 e. The SMILES string of the molecule is CC(C)(C)OC(=O)N1CCCC(CC(=O)O)(NC(=O)OCC2c3ccccc3-c3ccccc32)C1. The molecule has 2 aromatic carbocycles. The van der Waals surface area contributed by atoms with Crippen LogP contribution < -0.4 is 5.32 Å². The molecule has 0 saturated carbocycles. The summed E-state index contributed by atoms with van der Waals surface area (Å²) in [5.41, 5.74) is 2.62. The third-order valence-corrected chi connectivity index (χ3v) is 6.43. The van der Waals surface area contributed by atoms with Crippen LogP contribution in [0.1, 0.15) is 57.1 Å². The highest BCUT2D eigenvalue weighted by molar-refractivity contribution is 5.79. The number of likely N-dealkylation sites (tertiary alicyclic amines) is 1. The minimum atomic E-state index is -1.14. The highest BCUT2D eigenvalue weighted by Crippen LogP contribution is 2.44. The van der Waals surface area contributed by atoms with E-state index in [-0.39, 0.29) is 25.5 Å². The lowest BCUT2D eigenvalue weighted by atomic mass is 9.86. The lowest BCUT2D eigenvalue weighted by Crippen LogP contribution is -2.61. The van der Waals surface area contributed by atoms with Crippen LogP contribution >= 0.6 is 0 Å². The van der Waals surface area contributed by atoms with Crippen molar-refractivity contribution in [3.63, 3.8) is 0 Å². The Morgan fingerprint density at radius 1 is 1.06 bits per heavy atom. The van der Waals surface area contributed by atoms with Crippen LogP contribution in [0.15, 0.2) is 48.5 Å². The maximum atomic E-state index is 12.9. The molecule has 4 rings (SSSR count). The van der Waals surface area contributed by atoms with Gasteiger partial charge in [-0.05, 0) is 55.9 Å². The predicted octanol–water partition coefficient (Wildman–Crippen LogP) is 4.77. The van der Waals surface area contributed by atoms with Gasteiger partial charge < -0.3 is 24.8 Å². The van der Waals surface area contributed by atoms with E-state index in [1.165, 1.54) is 4.90 Å². The summed E-state index contributed by atoms with van der Waals surface area (Å²) in [6, 6.07) is 16.1. The molecule has 1 unspecified atom stereocenters. The molecule has 2 aromatic rings. The number of hydrogen-bond donors (Lipinski definition) is 2. The zero-order valence-corrected chi connectivity index (χ0v) is 20.4. The number of carboxylic acid groups (broad SMARTS) is 1. The number of ether oxygens (including phenoxy) is 2. The van der Waals surface area contributed by atoms with E-state index in [0.717, 1.165) is 22.3 Å². The Bertz CT molecular complexity index is 1080. The first kappa shape index (κ1) is 24.6. The predicted molar refractivity (Wildman–Crippen MR) is 130 cm³/mol. The van der Waals surface area contributed by atoms with Gasteiger partial charge in [-0.15, -0.1) is 0 Å². The van der Waals surface area contributed by atoms with Crippen molar-refractivity contribution in [3.05, 3.63) is 59.7 Å². The van der Waals surface area contributed by atoms with Crippen molar-refractivity contribution in [3.8, 4) is 11.1 Å². The fourth-order valence-corrected chi connectivity index (χ4v) is 5.05. The van der Waals surface area contributed by atoms with E-state index in [1.54, 1.807) is 20.8 Å². The second kappa shape index (κ2) is 9.60. The number of piperidine rings is 1. The van der Waals surface area contributed by atoms with Gasteiger partial charge >= 0.3 is 18.2 Å². The summed E-state index contributed by atoms with van der Waals surface area (Å²) in [5.74, 6) is -1.16. The quantitative estimate of drug-likeness (QED) is 0.639. The highest BCUT2D eigenvalue weighted by atomic mass is 16.6. The van der Waals surface area contributed by atoms with E-state index in [0.29, 0.717) is 19.4 Å². The van der Waals surface area contributed by atoms with Gasteiger partial charge in [-0.3, -0.25) is 4.79 Å². The summed E-state index contributed by atoms with van der Waals surface area (Å²) in [6.45, 7) is 5.91. The maximum Gasteiger partial charge on any atom is 0.410 e. The van der Waals surface area contributed by atoms with Crippen LogP contribution in [0.4, 0.5) is 9.59 Å². The normalized spacial score (nSPS) is 19.5. The lowest BCUT2D eigenvalue weighted by Gasteiger charge is -2.42. The molecule has 2 N–H and O–H groups in total. The Hall–Kier alpha value is -3.55. The van der Waals surface area contributed by atoms with Gasteiger partial charge in [0, 0.05) is 19.0 Å². The number of amides is 2. The molecule has 1 saturated heterocycles. The first-order chi connectivity index (χ1) is 16.6. The van der Waals surface area contributed by atoms with E-state index >= 15 is 0 Å². The summed E-state index contributed by atoms with van der Waals surface area (Å²) >= 11 is 0. The summed E-state index contributed by atoms with van der Waals surface area (Å²) in [7, 11) is 0. The van der Waals surface area contributed by atoms with E-state index < -0.39 is 29.3 Å². The molecule has 1 aliphatic carbocycles. The molecule has 0 spiro atoms. The van der Waals surface area contributed by atoms with Gasteiger partial charge in [0.25, 0.3) is 0 Å². The second-order valence-electron chi connectivity index (χ2n) is 10.3. The zero-order valence-electron chi connectivity index (χ0n) is 20.4. The van der Waals surface area contributed by atoms with Crippen molar-refractivity contribution < 1.29 is 29.0 Å². The average molecular weight is 481 g/mol. The molecule has 0 bridgehead atoms. The number of nitrogens with one attached hydrogen (secondary N) is 1. The lowest BCUT2D eigenvalue weighted by molar-refractivity contribution is -0.139. The molecule has 1 aliphatic heterocycles. The van der Waals surface area contributed by atoms with Crippen molar-refractivity contribution in [2.75, 3.05) is 19.7 Å². The van der Waals surface area contributed by atoms with Crippen molar-refractivity contribution in [2.45, 2.75) is 57.1 Å². The fourth-order valence-electron chi connectivity index (χ4n) is 5.05.